The molecule has 0 spiro atoms. The van der Waals surface area contributed by atoms with E-state index in [1.807, 2.05) is 0 Å². The zero-order chi connectivity index (χ0) is 14.3. The summed E-state index contributed by atoms with van der Waals surface area (Å²) in [5.74, 6) is 0.314. The highest BCUT2D eigenvalue weighted by Gasteiger charge is 2.06. The molecule has 0 aromatic carbocycles. The fourth-order valence-corrected chi connectivity index (χ4v) is 2.18. The first kappa shape index (κ1) is 15.8. The largest absolute Gasteiger partial charge is 0.465 e. The number of nitrogens with zero attached hydrogens (tertiary/aromatic N) is 1. The third kappa shape index (κ3) is 5.94. The minimum Gasteiger partial charge on any atom is -0.465 e. The summed E-state index contributed by atoms with van der Waals surface area (Å²) in [4.78, 5) is 15.4. The van der Waals surface area contributed by atoms with Crippen LogP contribution in [0.5, 0.6) is 0 Å². The van der Waals surface area contributed by atoms with Gasteiger partial charge in [0, 0.05) is 41.6 Å². The van der Waals surface area contributed by atoms with Gasteiger partial charge in [0.2, 0.25) is 0 Å². The van der Waals surface area contributed by atoms with Crippen LogP contribution in [0.15, 0.2) is 18.3 Å². The van der Waals surface area contributed by atoms with Crippen LogP contribution in [-0.2, 0) is 22.1 Å². The Bertz CT molecular complexity index is 434. The van der Waals surface area contributed by atoms with Crippen molar-refractivity contribution < 1.29 is 13.7 Å². The van der Waals surface area contributed by atoms with Gasteiger partial charge in [0.15, 0.2) is 0 Å². The second-order valence-corrected chi connectivity index (χ2v) is 5.93. The fourth-order valence-electron chi connectivity index (χ4n) is 1.49. The van der Waals surface area contributed by atoms with Crippen molar-refractivity contribution >= 4 is 16.8 Å². The SMILES string of the molecule is COC(=O)c1ccc(CNC(C)CCS(C)=O)nc1. The molecule has 1 aromatic rings. The van der Waals surface area contributed by atoms with Gasteiger partial charge in [-0.25, -0.2) is 4.79 Å². The Labute approximate surface area is 116 Å². The second-order valence-electron chi connectivity index (χ2n) is 4.38. The van der Waals surface area contributed by atoms with Gasteiger partial charge in [-0.3, -0.25) is 9.19 Å². The molecule has 6 heteroatoms. The normalized spacial score (nSPS) is 13.8. The Morgan fingerprint density at radius 2 is 2.26 bits per heavy atom. The fraction of sp³-hybridized carbons (Fsp3) is 0.538. The van der Waals surface area contributed by atoms with Crippen LogP contribution in [-0.4, -0.2) is 40.3 Å². The zero-order valence-corrected chi connectivity index (χ0v) is 12.3. The molecule has 106 valence electrons. The molecule has 0 aliphatic rings. The topological polar surface area (TPSA) is 68.3 Å². The van der Waals surface area contributed by atoms with Crippen LogP contribution < -0.4 is 5.32 Å². The molecule has 1 rings (SSSR count). The Kier molecular flexibility index (Phi) is 6.66. The summed E-state index contributed by atoms with van der Waals surface area (Å²) in [6.07, 6.45) is 4.08. The van der Waals surface area contributed by atoms with Crippen molar-refractivity contribution in [3.05, 3.63) is 29.6 Å². The van der Waals surface area contributed by atoms with Crippen LogP contribution in [0.25, 0.3) is 0 Å². The van der Waals surface area contributed by atoms with E-state index in [1.54, 1.807) is 18.4 Å². The Morgan fingerprint density at radius 1 is 1.53 bits per heavy atom. The molecule has 0 saturated heterocycles. The molecule has 0 aliphatic heterocycles. The van der Waals surface area contributed by atoms with Crippen molar-refractivity contribution in [1.29, 1.82) is 0 Å². The number of ether oxygens (including phenoxy) is 1. The number of carbonyl (C=O) groups excluding carboxylic acids is 1. The summed E-state index contributed by atoms with van der Waals surface area (Å²) in [6, 6.07) is 3.77. The Hall–Kier alpha value is -1.27. The van der Waals surface area contributed by atoms with Crippen molar-refractivity contribution in [2.75, 3.05) is 19.1 Å². The summed E-state index contributed by atoms with van der Waals surface area (Å²) in [5.41, 5.74) is 1.30. The van der Waals surface area contributed by atoms with E-state index in [2.05, 4.69) is 22.0 Å². The van der Waals surface area contributed by atoms with E-state index in [9.17, 15) is 9.00 Å². The highest BCUT2D eigenvalue weighted by molar-refractivity contribution is 7.84. The Morgan fingerprint density at radius 3 is 2.79 bits per heavy atom. The standard InChI is InChI=1S/C13H20N2O3S/c1-10(6-7-19(3)17)14-9-12-5-4-11(8-15-12)13(16)18-2/h4-5,8,10,14H,6-7,9H2,1-3H3. The number of pyridine rings is 1. The highest BCUT2D eigenvalue weighted by atomic mass is 32.2. The van der Waals surface area contributed by atoms with Crippen LogP contribution in [0.3, 0.4) is 0 Å². The molecule has 0 aliphatic carbocycles. The lowest BCUT2D eigenvalue weighted by Gasteiger charge is -2.12. The molecule has 0 fully saturated rings. The predicted octanol–water partition coefficient (Wildman–Crippen LogP) is 1.11. The molecular weight excluding hydrogens is 264 g/mol. The zero-order valence-electron chi connectivity index (χ0n) is 11.5. The van der Waals surface area contributed by atoms with Crippen LogP contribution >= 0.6 is 0 Å². The highest BCUT2D eigenvalue weighted by Crippen LogP contribution is 2.03. The Balaban J connectivity index is 2.41. The molecule has 1 N–H and O–H groups in total. The van der Waals surface area contributed by atoms with E-state index in [0.29, 0.717) is 17.9 Å². The van der Waals surface area contributed by atoms with E-state index in [1.165, 1.54) is 13.3 Å². The van der Waals surface area contributed by atoms with Crippen molar-refractivity contribution in [3.63, 3.8) is 0 Å². The maximum absolute atomic E-state index is 11.2. The van der Waals surface area contributed by atoms with Gasteiger partial charge in [0.05, 0.1) is 18.4 Å². The van der Waals surface area contributed by atoms with Crippen LogP contribution in [0.1, 0.15) is 29.4 Å². The maximum Gasteiger partial charge on any atom is 0.339 e. The van der Waals surface area contributed by atoms with Gasteiger partial charge in [-0.1, -0.05) is 0 Å². The second kappa shape index (κ2) is 8.01. The molecule has 2 unspecified atom stereocenters. The summed E-state index contributed by atoms with van der Waals surface area (Å²) in [5, 5.41) is 3.30. The molecule has 0 bridgehead atoms. The molecule has 0 radical (unpaired) electrons. The third-order valence-corrected chi connectivity index (χ3v) is 3.53. The predicted molar refractivity (Wildman–Crippen MR) is 75.4 cm³/mol. The van der Waals surface area contributed by atoms with Crippen molar-refractivity contribution in [3.8, 4) is 0 Å². The number of carbonyl (C=O) groups is 1. The lowest BCUT2D eigenvalue weighted by molar-refractivity contribution is 0.0600. The summed E-state index contributed by atoms with van der Waals surface area (Å²) in [7, 11) is 0.594. The molecular formula is C13H20N2O3S. The molecule has 2 atom stereocenters. The van der Waals surface area contributed by atoms with Crippen LogP contribution in [0.2, 0.25) is 0 Å². The van der Waals surface area contributed by atoms with E-state index in [-0.39, 0.29) is 12.0 Å². The van der Waals surface area contributed by atoms with Gasteiger partial charge in [-0.15, -0.1) is 0 Å². The summed E-state index contributed by atoms with van der Waals surface area (Å²) >= 11 is 0. The van der Waals surface area contributed by atoms with E-state index < -0.39 is 10.8 Å². The quantitative estimate of drug-likeness (QED) is 0.760. The number of aromatic nitrogens is 1. The smallest absolute Gasteiger partial charge is 0.339 e. The molecule has 0 amide bonds. The minimum absolute atomic E-state index is 0.283. The van der Waals surface area contributed by atoms with Crippen molar-refractivity contribution in [2.24, 2.45) is 0 Å². The van der Waals surface area contributed by atoms with Crippen molar-refractivity contribution in [2.45, 2.75) is 25.9 Å². The average Bonchev–Trinajstić information content (AvgIpc) is 2.42. The maximum atomic E-state index is 11.2. The number of nitrogens with one attached hydrogen (secondary N) is 1. The van der Waals surface area contributed by atoms with Crippen molar-refractivity contribution in [1.82, 2.24) is 10.3 Å². The van der Waals surface area contributed by atoms with E-state index >= 15 is 0 Å². The van der Waals surface area contributed by atoms with Gasteiger partial charge in [-0.05, 0) is 25.5 Å². The first-order valence-electron chi connectivity index (χ1n) is 6.09. The third-order valence-electron chi connectivity index (χ3n) is 2.72. The molecule has 5 nitrogen and oxygen atoms in total. The average molecular weight is 284 g/mol. The molecule has 1 heterocycles. The molecule has 19 heavy (non-hydrogen) atoms. The number of hydrogen-bond acceptors (Lipinski definition) is 5. The van der Waals surface area contributed by atoms with E-state index in [0.717, 1.165) is 12.1 Å². The molecule has 1 aromatic heterocycles. The van der Waals surface area contributed by atoms with Crippen LogP contribution in [0, 0.1) is 0 Å². The first-order chi connectivity index (χ1) is 9.02. The van der Waals surface area contributed by atoms with Crippen LogP contribution in [0.4, 0.5) is 0 Å². The number of rotatable bonds is 7. The number of hydrogen-bond donors (Lipinski definition) is 1. The lowest BCUT2D eigenvalue weighted by Crippen LogP contribution is -2.27. The lowest BCUT2D eigenvalue weighted by atomic mass is 10.2. The number of methoxy groups -OCH3 is 1. The van der Waals surface area contributed by atoms with Gasteiger partial charge in [0.1, 0.15) is 0 Å². The summed E-state index contributed by atoms with van der Waals surface area (Å²) < 4.78 is 15.6. The monoisotopic (exact) mass is 284 g/mol. The number of esters is 1. The van der Waals surface area contributed by atoms with Gasteiger partial charge in [0.25, 0.3) is 0 Å². The van der Waals surface area contributed by atoms with Gasteiger partial charge < -0.3 is 10.1 Å². The summed E-state index contributed by atoms with van der Waals surface area (Å²) in [6.45, 7) is 2.68. The minimum atomic E-state index is -0.751. The first-order valence-corrected chi connectivity index (χ1v) is 7.82. The van der Waals surface area contributed by atoms with Gasteiger partial charge >= 0.3 is 5.97 Å². The van der Waals surface area contributed by atoms with Gasteiger partial charge in [-0.2, -0.15) is 0 Å². The van der Waals surface area contributed by atoms with E-state index in [4.69, 9.17) is 0 Å². The molecule has 0 saturated carbocycles.